The van der Waals surface area contributed by atoms with E-state index in [-0.39, 0.29) is 0 Å². The van der Waals surface area contributed by atoms with Crippen LogP contribution in [0.25, 0.3) is 0 Å². The topological polar surface area (TPSA) is 54.4 Å². The molecule has 120 valence electrons. The van der Waals surface area contributed by atoms with Crippen LogP contribution in [0.5, 0.6) is 0 Å². The van der Waals surface area contributed by atoms with Gasteiger partial charge in [-0.05, 0) is 45.4 Å². The maximum atomic E-state index is 11.1. The Labute approximate surface area is 128 Å². The third-order valence-electron chi connectivity index (χ3n) is 4.50. The van der Waals surface area contributed by atoms with Crippen LogP contribution in [0.4, 0.5) is 0 Å². The van der Waals surface area contributed by atoms with E-state index < -0.39 is 5.97 Å². The van der Waals surface area contributed by atoms with Crippen molar-refractivity contribution in [3.8, 4) is 0 Å². The summed E-state index contributed by atoms with van der Waals surface area (Å²) in [6, 6.07) is 0. The molecule has 3 heteroatoms. The van der Waals surface area contributed by atoms with E-state index in [1.165, 1.54) is 38.5 Å². The van der Waals surface area contributed by atoms with E-state index in [2.05, 4.69) is 0 Å². The van der Waals surface area contributed by atoms with Crippen molar-refractivity contribution >= 4 is 11.8 Å². The second-order valence-corrected chi connectivity index (χ2v) is 6.29. The number of aliphatic carboxylic acids is 1. The molecule has 2 aliphatic carbocycles. The summed E-state index contributed by atoms with van der Waals surface area (Å²) in [4.78, 5) is 21.5. The Morgan fingerprint density at radius 2 is 1.52 bits per heavy atom. The second-order valence-electron chi connectivity index (χ2n) is 6.29. The molecule has 0 amide bonds. The van der Waals surface area contributed by atoms with Crippen LogP contribution in [0.1, 0.15) is 84.0 Å². The number of hydrogen-bond acceptors (Lipinski definition) is 2. The molecule has 0 heterocycles. The molecule has 0 atom stereocenters. The van der Waals surface area contributed by atoms with Gasteiger partial charge in [0, 0.05) is 11.5 Å². The monoisotopic (exact) mass is 294 g/mol. The molecule has 0 aromatic carbocycles. The van der Waals surface area contributed by atoms with Crippen molar-refractivity contribution in [2.45, 2.75) is 84.0 Å². The lowest BCUT2D eigenvalue weighted by Gasteiger charge is -2.16. The highest BCUT2D eigenvalue weighted by molar-refractivity contribution is 5.86. The van der Waals surface area contributed by atoms with Gasteiger partial charge in [-0.3, -0.25) is 4.79 Å². The van der Waals surface area contributed by atoms with E-state index in [0.717, 1.165) is 38.5 Å². The summed E-state index contributed by atoms with van der Waals surface area (Å²) in [5, 5.41) is 8.59. The maximum Gasteiger partial charge on any atom is 0.331 e. The van der Waals surface area contributed by atoms with Crippen LogP contribution in [-0.4, -0.2) is 16.9 Å². The summed E-state index contributed by atoms with van der Waals surface area (Å²) in [6.45, 7) is 1.74. The molecule has 0 unspecified atom stereocenters. The molecule has 2 rings (SSSR count). The molecule has 1 saturated carbocycles. The Kier molecular flexibility index (Phi) is 9.04. The molecule has 0 aliphatic heterocycles. The molecule has 1 N–H and O–H groups in total. The Morgan fingerprint density at radius 1 is 0.952 bits per heavy atom. The van der Waals surface area contributed by atoms with E-state index >= 15 is 0 Å². The van der Waals surface area contributed by atoms with Crippen molar-refractivity contribution in [3.63, 3.8) is 0 Å². The molecule has 0 spiro atoms. The average Bonchev–Trinajstić information content (AvgIpc) is 2.67. The molecule has 0 bridgehead atoms. The minimum absolute atomic E-state index is 0.398. The lowest BCUT2D eigenvalue weighted by Crippen LogP contribution is -2.12. The zero-order valence-electron chi connectivity index (χ0n) is 13.4. The van der Waals surface area contributed by atoms with Crippen molar-refractivity contribution in [3.05, 3.63) is 11.6 Å². The number of Topliss-reactive ketones (excluding diaryl/α,β-unsaturated/α-hetero) is 1. The number of carbonyl (C=O) groups excluding carboxylic acids is 1. The lowest BCUT2D eigenvalue weighted by atomic mass is 9.89. The zero-order chi connectivity index (χ0) is 15.5. The predicted octanol–water partition coefficient (Wildman–Crippen LogP) is 4.90. The number of hydrogen-bond donors (Lipinski definition) is 1. The molecular formula is C18H30O3. The van der Waals surface area contributed by atoms with Crippen molar-refractivity contribution in [2.75, 3.05) is 0 Å². The molecule has 21 heavy (non-hydrogen) atoms. The summed E-state index contributed by atoms with van der Waals surface area (Å²) < 4.78 is 0. The van der Waals surface area contributed by atoms with E-state index in [9.17, 15) is 9.59 Å². The first kappa shape index (κ1) is 17.9. The Bertz CT molecular complexity index is 349. The van der Waals surface area contributed by atoms with E-state index in [1.54, 1.807) is 6.92 Å². The highest BCUT2D eigenvalue weighted by atomic mass is 16.4. The summed E-state index contributed by atoms with van der Waals surface area (Å²) in [5.74, 6) is 0.0732. The first-order valence-corrected chi connectivity index (χ1v) is 8.54. The predicted molar refractivity (Wildman–Crippen MR) is 85.3 cm³/mol. The number of carboxylic acids is 1. The smallest absolute Gasteiger partial charge is 0.331 e. The van der Waals surface area contributed by atoms with Crippen molar-refractivity contribution in [1.29, 1.82) is 0 Å². The molecule has 0 saturated heterocycles. The number of ketones is 1. The number of carbonyl (C=O) groups is 2. The minimum Gasteiger partial charge on any atom is -0.478 e. The van der Waals surface area contributed by atoms with Gasteiger partial charge in [-0.1, -0.05) is 44.6 Å². The van der Waals surface area contributed by atoms with Gasteiger partial charge in [0.1, 0.15) is 5.78 Å². The van der Waals surface area contributed by atoms with Gasteiger partial charge in [-0.15, -0.1) is 0 Å². The molecule has 0 radical (unpaired) electrons. The van der Waals surface area contributed by atoms with Gasteiger partial charge in [0.05, 0.1) is 0 Å². The summed E-state index contributed by atoms with van der Waals surface area (Å²) >= 11 is 0. The largest absolute Gasteiger partial charge is 0.478 e. The van der Waals surface area contributed by atoms with Gasteiger partial charge in [0.2, 0.25) is 0 Å². The molecule has 1 fully saturated rings. The molecule has 2 aliphatic rings. The summed E-state index contributed by atoms with van der Waals surface area (Å²) in [6.07, 6.45) is 15.8. The molecule has 0 aromatic heterocycles. The third kappa shape index (κ3) is 8.03. The third-order valence-corrected chi connectivity index (χ3v) is 4.50. The lowest BCUT2D eigenvalue weighted by molar-refractivity contribution is -0.132. The van der Waals surface area contributed by atoms with Gasteiger partial charge in [0.25, 0.3) is 0 Å². The van der Waals surface area contributed by atoms with Gasteiger partial charge in [-0.25, -0.2) is 4.79 Å². The highest BCUT2D eigenvalue weighted by Crippen LogP contribution is 2.22. The van der Waals surface area contributed by atoms with E-state index in [4.69, 9.17) is 5.11 Å². The SMILES string of the molecule is CC(=O)C1CCCCCCC1.O=C(O)C1=CCCCCC1. The van der Waals surface area contributed by atoms with E-state index in [1.807, 2.05) is 6.08 Å². The number of allylic oxidation sites excluding steroid dienone is 1. The molecule has 3 nitrogen and oxygen atoms in total. The quantitative estimate of drug-likeness (QED) is 0.788. The van der Waals surface area contributed by atoms with Crippen LogP contribution in [0.15, 0.2) is 11.6 Å². The van der Waals surface area contributed by atoms with Gasteiger partial charge >= 0.3 is 5.97 Å². The average molecular weight is 294 g/mol. The van der Waals surface area contributed by atoms with Crippen molar-refractivity contribution in [1.82, 2.24) is 0 Å². The van der Waals surface area contributed by atoms with Crippen LogP contribution in [0.3, 0.4) is 0 Å². The highest BCUT2D eigenvalue weighted by Gasteiger charge is 2.14. The Balaban J connectivity index is 0.000000211. The van der Waals surface area contributed by atoms with Gasteiger partial charge < -0.3 is 5.11 Å². The van der Waals surface area contributed by atoms with E-state index in [0.29, 0.717) is 17.3 Å². The molecule has 0 aromatic rings. The standard InChI is InChI=1S/C10H18O.C8H12O2/c1-9(11)10-7-5-3-2-4-6-8-10;9-8(10)7-5-3-1-2-4-6-7/h10H,2-8H2,1H3;5H,1-4,6H2,(H,9,10). The van der Waals surface area contributed by atoms with Crippen LogP contribution in [-0.2, 0) is 9.59 Å². The zero-order valence-corrected chi connectivity index (χ0v) is 13.4. The van der Waals surface area contributed by atoms with Gasteiger partial charge in [0.15, 0.2) is 0 Å². The van der Waals surface area contributed by atoms with Crippen LogP contribution in [0, 0.1) is 5.92 Å². The van der Waals surface area contributed by atoms with Crippen LogP contribution >= 0.6 is 0 Å². The summed E-state index contributed by atoms with van der Waals surface area (Å²) in [5.41, 5.74) is 0.609. The van der Waals surface area contributed by atoms with Crippen molar-refractivity contribution < 1.29 is 14.7 Å². The first-order chi connectivity index (χ1) is 10.1. The van der Waals surface area contributed by atoms with Gasteiger partial charge in [-0.2, -0.15) is 0 Å². The first-order valence-electron chi connectivity index (χ1n) is 8.54. The normalized spacial score (nSPS) is 20.9. The molecular weight excluding hydrogens is 264 g/mol. The number of carboxylic acid groups (broad SMARTS) is 1. The fourth-order valence-electron chi connectivity index (χ4n) is 3.07. The Morgan fingerprint density at radius 3 is 2.10 bits per heavy atom. The van der Waals surface area contributed by atoms with Crippen molar-refractivity contribution in [2.24, 2.45) is 5.92 Å². The van der Waals surface area contributed by atoms with Crippen LogP contribution in [0.2, 0.25) is 0 Å². The summed E-state index contributed by atoms with van der Waals surface area (Å²) in [7, 11) is 0. The number of rotatable bonds is 2. The minimum atomic E-state index is -0.734. The second kappa shape index (κ2) is 10.6. The van der Waals surface area contributed by atoms with Crippen LogP contribution < -0.4 is 0 Å². The fourth-order valence-corrected chi connectivity index (χ4v) is 3.07. The Hall–Kier alpha value is -1.12. The maximum absolute atomic E-state index is 11.1. The fraction of sp³-hybridized carbons (Fsp3) is 0.778.